The van der Waals surface area contributed by atoms with Gasteiger partial charge in [0.15, 0.2) is 0 Å². The minimum atomic E-state index is -0.254. The third-order valence-corrected chi connectivity index (χ3v) is 1.95. The summed E-state index contributed by atoms with van der Waals surface area (Å²) in [6.07, 6.45) is 4.32. The number of alkyl carbamates (subject to hydrolysis) is 1. The SMILES string of the molecule is CCCCNC(=O)OCC1CC1. The number of amides is 1. The maximum absolute atomic E-state index is 10.9. The number of ether oxygens (including phenoxy) is 1. The van der Waals surface area contributed by atoms with Crippen LogP contribution in [0.4, 0.5) is 4.79 Å². The van der Waals surface area contributed by atoms with E-state index in [1.807, 2.05) is 0 Å². The van der Waals surface area contributed by atoms with Crippen LogP contribution >= 0.6 is 0 Å². The van der Waals surface area contributed by atoms with Gasteiger partial charge in [0.1, 0.15) is 0 Å². The van der Waals surface area contributed by atoms with Crippen LogP contribution in [0.3, 0.4) is 0 Å². The van der Waals surface area contributed by atoms with Crippen LogP contribution in [0.2, 0.25) is 0 Å². The zero-order chi connectivity index (χ0) is 8.81. The predicted octanol–water partition coefficient (Wildman–Crippen LogP) is 1.92. The summed E-state index contributed by atoms with van der Waals surface area (Å²) in [5, 5.41) is 2.71. The molecule has 3 nitrogen and oxygen atoms in total. The molecule has 0 aliphatic heterocycles. The third kappa shape index (κ3) is 4.21. The van der Waals surface area contributed by atoms with E-state index < -0.39 is 0 Å². The molecule has 1 fully saturated rings. The lowest BCUT2D eigenvalue weighted by molar-refractivity contribution is 0.141. The number of carbonyl (C=O) groups is 1. The van der Waals surface area contributed by atoms with Crippen molar-refractivity contribution in [1.29, 1.82) is 0 Å². The molecular weight excluding hydrogens is 154 g/mol. The lowest BCUT2D eigenvalue weighted by atomic mass is 10.3. The van der Waals surface area contributed by atoms with E-state index in [0.29, 0.717) is 12.5 Å². The lowest BCUT2D eigenvalue weighted by Crippen LogP contribution is -2.25. The van der Waals surface area contributed by atoms with E-state index in [4.69, 9.17) is 4.74 Å². The van der Waals surface area contributed by atoms with Crippen molar-refractivity contribution < 1.29 is 9.53 Å². The molecule has 1 aliphatic rings. The molecule has 1 rings (SSSR count). The molecule has 3 heteroatoms. The van der Waals surface area contributed by atoms with E-state index in [2.05, 4.69) is 12.2 Å². The molecule has 1 saturated carbocycles. The summed E-state index contributed by atoms with van der Waals surface area (Å²) in [6, 6.07) is 0. The first kappa shape index (κ1) is 9.36. The van der Waals surface area contributed by atoms with Crippen LogP contribution in [0.25, 0.3) is 0 Å². The smallest absolute Gasteiger partial charge is 0.407 e. The summed E-state index contributed by atoms with van der Waals surface area (Å²) in [7, 11) is 0. The van der Waals surface area contributed by atoms with Crippen molar-refractivity contribution in [2.75, 3.05) is 13.2 Å². The molecule has 0 unspecified atom stereocenters. The molecule has 1 N–H and O–H groups in total. The Labute approximate surface area is 73.5 Å². The maximum Gasteiger partial charge on any atom is 0.407 e. The second-order valence-electron chi connectivity index (χ2n) is 3.32. The molecule has 0 aromatic rings. The highest BCUT2D eigenvalue weighted by Crippen LogP contribution is 2.28. The Morgan fingerprint density at radius 1 is 1.58 bits per heavy atom. The predicted molar refractivity (Wildman–Crippen MR) is 47.0 cm³/mol. The molecule has 70 valence electrons. The van der Waals surface area contributed by atoms with Crippen LogP contribution in [-0.4, -0.2) is 19.2 Å². The normalized spacial score (nSPS) is 15.8. The number of nitrogens with one attached hydrogen (secondary N) is 1. The van der Waals surface area contributed by atoms with Crippen molar-refractivity contribution in [3.8, 4) is 0 Å². The lowest BCUT2D eigenvalue weighted by Gasteiger charge is -2.04. The van der Waals surface area contributed by atoms with Crippen LogP contribution in [0.1, 0.15) is 32.6 Å². The topological polar surface area (TPSA) is 38.3 Å². The molecule has 0 saturated heterocycles. The fourth-order valence-electron chi connectivity index (χ4n) is 0.896. The van der Waals surface area contributed by atoms with Gasteiger partial charge in [-0.1, -0.05) is 13.3 Å². The van der Waals surface area contributed by atoms with Gasteiger partial charge in [0.25, 0.3) is 0 Å². The summed E-state index contributed by atoms with van der Waals surface area (Å²) in [5.74, 6) is 0.655. The standard InChI is InChI=1S/C9H17NO2/c1-2-3-6-10-9(11)12-7-8-4-5-8/h8H,2-7H2,1H3,(H,10,11). The van der Waals surface area contributed by atoms with Gasteiger partial charge in [0.2, 0.25) is 0 Å². The average molecular weight is 171 g/mol. The molecule has 0 radical (unpaired) electrons. The third-order valence-electron chi connectivity index (χ3n) is 1.95. The Bertz CT molecular complexity index is 143. The van der Waals surface area contributed by atoms with Crippen molar-refractivity contribution in [2.24, 2.45) is 5.92 Å². The van der Waals surface area contributed by atoms with Crippen LogP contribution in [-0.2, 0) is 4.74 Å². The van der Waals surface area contributed by atoms with E-state index in [1.165, 1.54) is 12.8 Å². The summed E-state index contributed by atoms with van der Waals surface area (Å²) in [5.41, 5.74) is 0. The van der Waals surface area contributed by atoms with Crippen molar-refractivity contribution in [3.63, 3.8) is 0 Å². The van der Waals surface area contributed by atoms with Crippen molar-refractivity contribution in [3.05, 3.63) is 0 Å². The van der Waals surface area contributed by atoms with Gasteiger partial charge < -0.3 is 10.1 Å². The van der Waals surface area contributed by atoms with Gasteiger partial charge in [-0.2, -0.15) is 0 Å². The first-order valence-corrected chi connectivity index (χ1v) is 4.73. The van der Waals surface area contributed by atoms with E-state index >= 15 is 0 Å². The molecule has 0 bridgehead atoms. The molecule has 0 aromatic heterocycles. The second-order valence-corrected chi connectivity index (χ2v) is 3.32. The second kappa shape index (κ2) is 5.01. The van der Waals surface area contributed by atoms with Crippen LogP contribution in [0, 0.1) is 5.92 Å². The molecule has 0 heterocycles. The number of hydrogen-bond acceptors (Lipinski definition) is 2. The fourth-order valence-corrected chi connectivity index (χ4v) is 0.896. The molecule has 0 spiro atoms. The number of carbonyl (C=O) groups excluding carboxylic acids is 1. The van der Waals surface area contributed by atoms with E-state index in [9.17, 15) is 4.79 Å². The van der Waals surface area contributed by atoms with Gasteiger partial charge >= 0.3 is 6.09 Å². The highest BCUT2D eigenvalue weighted by atomic mass is 16.5. The van der Waals surface area contributed by atoms with Gasteiger partial charge in [-0.25, -0.2) is 4.79 Å². The van der Waals surface area contributed by atoms with Crippen LogP contribution < -0.4 is 5.32 Å². The van der Waals surface area contributed by atoms with E-state index in [-0.39, 0.29) is 6.09 Å². The Hall–Kier alpha value is -0.730. The summed E-state index contributed by atoms with van der Waals surface area (Å²) < 4.78 is 4.96. The Morgan fingerprint density at radius 3 is 2.92 bits per heavy atom. The zero-order valence-corrected chi connectivity index (χ0v) is 7.64. The Kier molecular flexibility index (Phi) is 3.91. The Balaban J connectivity index is 1.88. The van der Waals surface area contributed by atoms with Gasteiger partial charge in [0.05, 0.1) is 6.61 Å². The maximum atomic E-state index is 10.9. The van der Waals surface area contributed by atoms with Crippen molar-refractivity contribution in [1.82, 2.24) is 5.32 Å². The van der Waals surface area contributed by atoms with Gasteiger partial charge in [0, 0.05) is 6.54 Å². The molecule has 12 heavy (non-hydrogen) atoms. The minimum Gasteiger partial charge on any atom is -0.449 e. The zero-order valence-electron chi connectivity index (χ0n) is 7.64. The summed E-state index contributed by atoms with van der Waals surface area (Å²) >= 11 is 0. The molecule has 1 aliphatic carbocycles. The average Bonchev–Trinajstić information content (AvgIpc) is 2.84. The highest BCUT2D eigenvalue weighted by molar-refractivity contribution is 5.67. The van der Waals surface area contributed by atoms with Crippen molar-refractivity contribution >= 4 is 6.09 Å². The molecule has 1 amide bonds. The molecule has 0 atom stereocenters. The highest BCUT2D eigenvalue weighted by Gasteiger charge is 2.22. The van der Waals surface area contributed by atoms with Gasteiger partial charge in [-0.15, -0.1) is 0 Å². The van der Waals surface area contributed by atoms with Crippen molar-refractivity contribution in [2.45, 2.75) is 32.6 Å². The fraction of sp³-hybridized carbons (Fsp3) is 0.889. The largest absolute Gasteiger partial charge is 0.449 e. The number of unbranched alkanes of at least 4 members (excludes halogenated alkanes) is 1. The van der Waals surface area contributed by atoms with Crippen LogP contribution in [0.15, 0.2) is 0 Å². The van der Waals surface area contributed by atoms with Gasteiger partial charge in [-0.3, -0.25) is 0 Å². The summed E-state index contributed by atoms with van der Waals surface area (Å²) in [6.45, 7) is 3.44. The molecular formula is C9H17NO2. The first-order valence-electron chi connectivity index (χ1n) is 4.73. The number of hydrogen-bond donors (Lipinski definition) is 1. The van der Waals surface area contributed by atoms with E-state index in [1.54, 1.807) is 0 Å². The monoisotopic (exact) mass is 171 g/mol. The summed E-state index contributed by atoms with van der Waals surface area (Å²) in [4.78, 5) is 10.9. The molecule has 0 aromatic carbocycles. The minimum absolute atomic E-state index is 0.254. The number of rotatable bonds is 5. The Morgan fingerprint density at radius 2 is 2.33 bits per heavy atom. The van der Waals surface area contributed by atoms with Gasteiger partial charge in [-0.05, 0) is 25.2 Å². The first-order chi connectivity index (χ1) is 5.83. The van der Waals surface area contributed by atoms with Crippen LogP contribution in [0.5, 0.6) is 0 Å². The quantitative estimate of drug-likeness (QED) is 0.642. The van der Waals surface area contributed by atoms with E-state index in [0.717, 1.165) is 19.4 Å².